The smallest absolute Gasteiger partial charge is 0.220 e. The number of carbonyl (C=O) groups is 1. The molecular weight excluding hydrogens is 434 g/mol. The van der Waals surface area contributed by atoms with Crippen LogP contribution in [0.25, 0.3) is 11.1 Å². The number of unbranched alkanes of at least 4 members (excludes halogenated alkanes) is 1. The molecule has 35 heavy (non-hydrogen) atoms. The first-order valence-electron chi connectivity index (χ1n) is 12.7. The van der Waals surface area contributed by atoms with Crippen molar-refractivity contribution in [3.05, 3.63) is 83.9 Å². The first-order chi connectivity index (χ1) is 17.2. The average Bonchev–Trinajstić information content (AvgIpc) is 2.91. The van der Waals surface area contributed by atoms with Crippen molar-refractivity contribution in [2.45, 2.75) is 32.7 Å². The molecule has 0 saturated carbocycles. The summed E-state index contributed by atoms with van der Waals surface area (Å²) in [7, 11) is 1.73. The Hall–Kier alpha value is -3.31. The molecule has 184 valence electrons. The summed E-state index contributed by atoms with van der Waals surface area (Å²) in [4.78, 5) is 17.4. The van der Waals surface area contributed by atoms with E-state index in [9.17, 15) is 4.79 Å². The lowest BCUT2D eigenvalue weighted by molar-refractivity contribution is -0.121. The highest BCUT2D eigenvalue weighted by Crippen LogP contribution is 2.28. The monoisotopic (exact) mass is 471 g/mol. The van der Waals surface area contributed by atoms with Crippen LogP contribution < -0.4 is 15.0 Å². The maximum absolute atomic E-state index is 12.5. The summed E-state index contributed by atoms with van der Waals surface area (Å²) in [6.45, 7) is 7.82. The quantitative estimate of drug-likeness (QED) is 0.409. The second-order valence-electron chi connectivity index (χ2n) is 9.21. The van der Waals surface area contributed by atoms with Crippen molar-refractivity contribution in [2.75, 3.05) is 44.7 Å². The van der Waals surface area contributed by atoms with Gasteiger partial charge in [0.1, 0.15) is 5.75 Å². The van der Waals surface area contributed by atoms with E-state index in [2.05, 4.69) is 76.6 Å². The van der Waals surface area contributed by atoms with E-state index in [4.69, 9.17) is 4.74 Å². The summed E-state index contributed by atoms with van der Waals surface area (Å²) < 4.78 is 5.52. The predicted octanol–water partition coefficient (Wildman–Crippen LogP) is 5.28. The number of para-hydroxylation sites is 2. The van der Waals surface area contributed by atoms with Gasteiger partial charge < -0.3 is 15.0 Å². The number of rotatable bonds is 10. The molecule has 0 unspecified atom stereocenters. The number of anilines is 1. The molecule has 1 aliphatic rings. The number of amides is 1. The Balaban J connectivity index is 1.17. The van der Waals surface area contributed by atoms with Crippen LogP contribution in [0.15, 0.2) is 72.8 Å². The third-order valence-electron chi connectivity index (χ3n) is 6.85. The van der Waals surface area contributed by atoms with Crippen LogP contribution in [0.2, 0.25) is 0 Å². The van der Waals surface area contributed by atoms with Crippen molar-refractivity contribution in [2.24, 2.45) is 0 Å². The zero-order valence-corrected chi connectivity index (χ0v) is 21.0. The summed E-state index contributed by atoms with van der Waals surface area (Å²) in [6.07, 6.45) is 2.54. The number of piperazine rings is 1. The van der Waals surface area contributed by atoms with Crippen LogP contribution in [-0.4, -0.2) is 50.6 Å². The molecule has 0 radical (unpaired) electrons. The van der Waals surface area contributed by atoms with Gasteiger partial charge in [-0.15, -0.1) is 0 Å². The Morgan fingerprint density at radius 3 is 2.31 bits per heavy atom. The molecule has 5 heteroatoms. The van der Waals surface area contributed by atoms with E-state index >= 15 is 0 Å². The van der Waals surface area contributed by atoms with Gasteiger partial charge in [-0.05, 0) is 60.7 Å². The van der Waals surface area contributed by atoms with Gasteiger partial charge in [0.2, 0.25) is 5.91 Å². The molecule has 1 aliphatic heterocycles. The molecule has 5 nitrogen and oxygen atoms in total. The van der Waals surface area contributed by atoms with Gasteiger partial charge in [0.25, 0.3) is 0 Å². The zero-order chi connectivity index (χ0) is 24.5. The molecule has 1 amide bonds. The highest BCUT2D eigenvalue weighted by molar-refractivity contribution is 5.77. The first kappa shape index (κ1) is 24.8. The summed E-state index contributed by atoms with van der Waals surface area (Å²) in [5.41, 5.74) is 6.00. The Morgan fingerprint density at radius 2 is 1.54 bits per heavy atom. The van der Waals surface area contributed by atoms with Crippen molar-refractivity contribution in [1.29, 1.82) is 0 Å². The number of benzene rings is 3. The summed E-state index contributed by atoms with van der Waals surface area (Å²) in [5, 5.41) is 3.13. The molecule has 4 rings (SSSR count). The molecule has 3 aromatic carbocycles. The fraction of sp³-hybridized carbons (Fsp3) is 0.367. The second kappa shape index (κ2) is 12.4. The van der Waals surface area contributed by atoms with Gasteiger partial charge in [-0.2, -0.15) is 0 Å². The van der Waals surface area contributed by atoms with Crippen LogP contribution in [0.1, 0.15) is 30.4 Å². The Labute approximate surface area is 209 Å². The van der Waals surface area contributed by atoms with E-state index in [0.29, 0.717) is 13.0 Å². The van der Waals surface area contributed by atoms with Crippen molar-refractivity contribution >= 4 is 11.6 Å². The highest BCUT2D eigenvalue weighted by atomic mass is 16.5. The lowest BCUT2D eigenvalue weighted by Crippen LogP contribution is -2.46. The number of hydrogen-bond donors (Lipinski definition) is 1. The number of carbonyl (C=O) groups excluding carboxylic acids is 1. The molecule has 1 saturated heterocycles. The fourth-order valence-electron chi connectivity index (χ4n) is 4.82. The molecular formula is C30H37N3O2. The lowest BCUT2D eigenvalue weighted by atomic mass is 9.96. The normalized spacial score (nSPS) is 14.1. The third-order valence-corrected chi connectivity index (χ3v) is 6.85. The van der Waals surface area contributed by atoms with Gasteiger partial charge in [0.15, 0.2) is 0 Å². The highest BCUT2D eigenvalue weighted by Gasteiger charge is 2.19. The molecule has 3 aromatic rings. The minimum atomic E-state index is 0.130. The number of nitrogens with zero attached hydrogens (tertiary/aromatic N) is 2. The van der Waals surface area contributed by atoms with E-state index in [1.54, 1.807) is 7.11 Å². The Bertz CT molecular complexity index is 1110. The number of hydrogen-bond acceptors (Lipinski definition) is 4. The van der Waals surface area contributed by atoms with E-state index in [1.807, 2.05) is 18.2 Å². The zero-order valence-electron chi connectivity index (χ0n) is 21.0. The van der Waals surface area contributed by atoms with Crippen LogP contribution in [0.3, 0.4) is 0 Å². The van der Waals surface area contributed by atoms with E-state index < -0.39 is 0 Å². The van der Waals surface area contributed by atoms with Crippen LogP contribution >= 0.6 is 0 Å². The summed E-state index contributed by atoms with van der Waals surface area (Å²) in [6, 6.07) is 25.0. The maximum Gasteiger partial charge on any atom is 0.220 e. The van der Waals surface area contributed by atoms with Crippen molar-refractivity contribution in [1.82, 2.24) is 10.2 Å². The molecule has 0 spiro atoms. The van der Waals surface area contributed by atoms with Crippen LogP contribution in [0, 0.1) is 6.92 Å². The summed E-state index contributed by atoms with van der Waals surface area (Å²) >= 11 is 0. The Morgan fingerprint density at radius 1 is 0.857 bits per heavy atom. The van der Waals surface area contributed by atoms with Gasteiger partial charge in [-0.3, -0.25) is 9.69 Å². The van der Waals surface area contributed by atoms with Gasteiger partial charge in [-0.1, -0.05) is 60.7 Å². The van der Waals surface area contributed by atoms with Gasteiger partial charge in [0, 0.05) is 39.1 Å². The van der Waals surface area contributed by atoms with E-state index in [1.165, 1.54) is 22.4 Å². The number of nitrogens with one attached hydrogen (secondary N) is 1. The lowest BCUT2D eigenvalue weighted by Gasteiger charge is -2.36. The molecule has 1 heterocycles. The third kappa shape index (κ3) is 6.64. The van der Waals surface area contributed by atoms with E-state index in [-0.39, 0.29) is 5.91 Å². The van der Waals surface area contributed by atoms with Gasteiger partial charge in [0.05, 0.1) is 12.8 Å². The number of methoxy groups -OCH3 is 1. The molecule has 0 aliphatic carbocycles. The van der Waals surface area contributed by atoms with Crippen LogP contribution in [0.5, 0.6) is 5.75 Å². The first-order valence-corrected chi connectivity index (χ1v) is 12.7. The number of aryl methyl sites for hydroxylation is 1. The van der Waals surface area contributed by atoms with Crippen molar-refractivity contribution in [3.63, 3.8) is 0 Å². The van der Waals surface area contributed by atoms with Crippen LogP contribution in [-0.2, 0) is 11.3 Å². The minimum Gasteiger partial charge on any atom is -0.495 e. The van der Waals surface area contributed by atoms with Gasteiger partial charge in [-0.25, -0.2) is 0 Å². The van der Waals surface area contributed by atoms with Crippen LogP contribution in [0.4, 0.5) is 5.69 Å². The SMILES string of the molecule is COc1ccccc1N1CCN(CCCCC(=O)NCc2ccccc2-c2ccccc2C)CC1. The maximum atomic E-state index is 12.5. The molecule has 0 bridgehead atoms. The molecule has 0 atom stereocenters. The largest absolute Gasteiger partial charge is 0.495 e. The topological polar surface area (TPSA) is 44.8 Å². The molecule has 0 aromatic heterocycles. The standard InChI is InChI=1S/C30H37N3O2/c1-24-11-3-5-13-26(24)27-14-6-4-12-25(27)23-31-30(34)17-9-10-18-32-19-21-33(22-20-32)28-15-7-8-16-29(28)35-2/h3-8,11-16H,9-10,17-23H2,1-2H3,(H,31,34). The average molecular weight is 472 g/mol. The number of ether oxygens (including phenoxy) is 1. The van der Waals surface area contributed by atoms with Crippen molar-refractivity contribution < 1.29 is 9.53 Å². The fourth-order valence-corrected chi connectivity index (χ4v) is 4.82. The van der Waals surface area contributed by atoms with E-state index in [0.717, 1.165) is 56.9 Å². The molecule has 1 fully saturated rings. The second-order valence-corrected chi connectivity index (χ2v) is 9.21. The Kier molecular flexibility index (Phi) is 8.79. The molecule has 1 N–H and O–H groups in total. The van der Waals surface area contributed by atoms with Crippen molar-refractivity contribution in [3.8, 4) is 16.9 Å². The van der Waals surface area contributed by atoms with Gasteiger partial charge >= 0.3 is 0 Å². The predicted molar refractivity (Wildman–Crippen MR) is 144 cm³/mol. The minimum absolute atomic E-state index is 0.130. The summed E-state index contributed by atoms with van der Waals surface area (Å²) in [5.74, 6) is 1.07.